The minimum atomic E-state index is -3.96. The van der Waals surface area contributed by atoms with Crippen LogP contribution in [0.2, 0.25) is 0 Å². The van der Waals surface area contributed by atoms with E-state index in [4.69, 9.17) is 4.74 Å². The summed E-state index contributed by atoms with van der Waals surface area (Å²) in [5.41, 5.74) is 6.16. The van der Waals surface area contributed by atoms with E-state index in [1.54, 1.807) is 33.1 Å². The minimum Gasteiger partial charge on any atom is -0.496 e. The molecule has 1 amide bonds. The zero-order valence-electron chi connectivity index (χ0n) is 19.8. The summed E-state index contributed by atoms with van der Waals surface area (Å²) < 4.78 is 33.8. The van der Waals surface area contributed by atoms with E-state index in [9.17, 15) is 13.2 Å². The molecule has 0 unspecified atom stereocenters. The Morgan fingerprint density at radius 1 is 1.00 bits per heavy atom. The van der Waals surface area contributed by atoms with Gasteiger partial charge in [0.05, 0.1) is 24.8 Å². The van der Waals surface area contributed by atoms with Gasteiger partial charge in [0, 0.05) is 12.1 Å². The van der Waals surface area contributed by atoms with Gasteiger partial charge in [0.2, 0.25) is 10.0 Å². The number of hydrazone groups is 1. The van der Waals surface area contributed by atoms with Gasteiger partial charge in [-0.15, -0.1) is 0 Å². The van der Waals surface area contributed by atoms with Gasteiger partial charge in [0.25, 0.3) is 5.91 Å². The maximum Gasteiger partial charge on any atom is 0.255 e. The standard InChI is InChI=1S/C26H29N3O4S/c1-19-14-20(2)26(21(3)15-19)34(31,32)29(17-22-10-6-5-7-11-22)18-25(30)28-27-16-23-12-8-9-13-24(23)33-4/h5-16H,17-18H2,1-4H3,(H,28,30)/b27-16-. The van der Waals surface area contributed by atoms with Gasteiger partial charge in [-0.1, -0.05) is 60.2 Å². The average Bonchev–Trinajstić information content (AvgIpc) is 2.78. The number of aryl methyl sites for hydroxylation is 3. The molecule has 0 saturated heterocycles. The lowest BCUT2D eigenvalue weighted by atomic mass is 10.1. The molecule has 0 aliphatic carbocycles. The van der Waals surface area contributed by atoms with Gasteiger partial charge in [-0.25, -0.2) is 13.8 Å². The van der Waals surface area contributed by atoms with E-state index >= 15 is 0 Å². The van der Waals surface area contributed by atoms with Crippen molar-refractivity contribution in [2.24, 2.45) is 5.10 Å². The highest BCUT2D eigenvalue weighted by Gasteiger charge is 2.30. The van der Waals surface area contributed by atoms with Gasteiger partial charge >= 0.3 is 0 Å². The van der Waals surface area contributed by atoms with Crippen molar-refractivity contribution >= 4 is 22.1 Å². The van der Waals surface area contributed by atoms with E-state index in [1.807, 2.05) is 61.5 Å². The highest BCUT2D eigenvalue weighted by molar-refractivity contribution is 7.89. The van der Waals surface area contributed by atoms with E-state index < -0.39 is 15.9 Å². The Labute approximate surface area is 201 Å². The van der Waals surface area contributed by atoms with Crippen LogP contribution in [-0.4, -0.2) is 38.5 Å². The molecular weight excluding hydrogens is 450 g/mol. The van der Waals surface area contributed by atoms with Crippen molar-refractivity contribution in [3.63, 3.8) is 0 Å². The molecule has 0 bridgehead atoms. The first-order chi connectivity index (χ1) is 16.2. The SMILES string of the molecule is COc1ccccc1/C=N\NC(=O)CN(Cc1ccccc1)S(=O)(=O)c1c(C)cc(C)cc1C. The van der Waals surface area contributed by atoms with E-state index in [1.165, 1.54) is 10.5 Å². The quantitative estimate of drug-likeness (QED) is 0.372. The monoisotopic (exact) mass is 479 g/mol. The summed E-state index contributed by atoms with van der Waals surface area (Å²) in [6.45, 7) is 5.13. The lowest BCUT2D eigenvalue weighted by Gasteiger charge is -2.24. The third-order valence-corrected chi connectivity index (χ3v) is 7.35. The van der Waals surface area contributed by atoms with Crippen molar-refractivity contribution in [2.45, 2.75) is 32.2 Å². The summed E-state index contributed by atoms with van der Waals surface area (Å²) >= 11 is 0. The van der Waals surface area contributed by atoms with Crippen LogP contribution in [0.5, 0.6) is 5.75 Å². The summed E-state index contributed by atoms with van der Waals surface area (Å²) in [6, 6.07) is 20.1. The summed E-state index contributed by atoms with van der Waals surface area (Å²) in [6.07, 6.45) is 1.46. The average molecular weight is 480 g/mol. The number of carbonyl (C=O) groups is 1. The normalized spacial score (nSPS) is 11.7. The van der Waals surface area contributed by atoms with Gasteiger partial charge in [-0.05, 0) is 49.6 Å². The molecule has 0 spiro atoms. The van der Waals surface area contributed by atoms with Crippen molar-refractivity contribution in [3.8, 4) is 5.75 Å². The second-order valence-corrected chi connectivity index (χ2v) is 9.90. The zero-order valence-corrected chi connectivity index (χ0v) is 20.6. The van der Waals surface area contributed by atoms with Crippen molar-refractivity contribution in [2.75, 3.05) is 13.7 Å². The van der Waals surface area contributed by atoms with Crippen LogP contribution in [0.15, 0.2) is 76.7 Å². The number of hydrogen-bond acceptors (Lipinski definition) is 5. The van der Waals surface area contributed by atoms with Crippen LogP contribution < -0.4 is 10.2 Å². The first kappa shape index (κ1) is 25.1. The Morgan fingerprint density at radius 2 is 1.62 bits per heavy atom. The third kappa shape index (κ3) is 6.09. The molecule has 0 aromatic heterocycles. The fourth-order valence-corrected chi connectivity index (χ4v) is 5.65. The molecule has 8 heteroatoms. The molecule has 3 rings (SSSR count). The van der Waals surface area contributed by atoms with Crippen molar-refractivity contribution in [3.05, 3.63) is 94.5 Å². The number of para-hydroxylation sites is 1. The largest absolute Gasteiger partial charge is 0.496 e. The Hall–Kier alpha value is -3.49. The van der Waals surface area contributed by atoms with E-state index in [0.29, 0.717) is 22.4 Å². The van der Waals surface area contributed by atoms with Crippen LogP contribution in [-0.2, 0) is 21.4 Å². The van der Waals surface area contributed by atoms with E-state index in [-0.39, 0.29) is 18.0 Å². The van der Waals surface area contributed by atoms with Crippen LogP contribution in [0.3, 0.4) is 0 Å². The first-order valence-corrected chi connectivity index (χ1v) is 12.2. The fourth-order valence-electron chi connectivity index (χ4n) is 3.86. The Kier molecular flexibility index (Phi) is 8.20. The molecule has 0 aliphatic rings. The van der Waals surface area contributed by atoms with Crippen LogP contribution in [0.25, 0.3) is 0 Å². The van der Waals surface area contributed by atoms with E-state index in [0.717, 1.165) is 11.1 Å². The minimum absolute atomic E-state index is 0.0551. The molecule has 0 heterocycles. The first-order valence-electron chi connectivity index (χ1n) is 10.8. The number of nitrogens with one attached hydrogen (secondary N) is 1. The number of sulfonamides is 1. The van der Waals surface area contributed by atoms with Gasteiger partial charge in [-0.2, -0.15) is 9.41 Å². The number of rotatable bonds is 9. The second kappa shape index (κ2) is 11.1. The number of ether oxygens (including phenoxy) is 1. The van der Waals surface area contributed by atoms with Gasteiger partial charge in [0.15, 0.2) is 0 Å². The summed E-state index contributed by atoms with van der Waals surface area (Å²) in [5.74, 6) is 0.0622. The number of methoxy groups -OCH3 is 1. The topological polar surface area (TPSA) is 88.1 Å². The maximum atomic E-state index is 13.7. The van der Waals surface area contributed by atoms with Crippen LogP contribution in [0, 0.1) is 20.8 Å². The smallest absolute Gasteiger partial charge is 0.255 e. The van der Waals surface area contributed by atoms with Crippen LogP contribution >= 0.6 is 0 Å². The second-order valence-electron chi connectivity index (χ2n) is 8.02. The number of benzene rings is 3. The predicted octanol–water partition coefficient (Wildman–Crippen LogP) is 3.96. The number of carbonyl (C=O) groups excluding carboxylic acids is 1. The summed E-state index contributed by atoms with van der Waals surface area (Å²) in [5, 5.41) is 3.99. The molecule has 0 aliphatic heterocycles. The summed E-state index contributed by atoms with van der Waals surface area (Å²) in [7, 11) is -2.41. The van der Waals surface area contributed by atoms with Gasteiger partial charge < -0.3 is 4.74 Å². The van der Waals surface area contributed by atoms with Crippen LogP contribution in [0.4, 0.5) is 0 Å². The Morgan fingerprint density at radius 3 is 2.26 bits per heavy atom. The van der Waals surface area contributed by atoms with E-state index in [2.05, 4.69) is 10.5 Å². The zero-order chi connectivity index (χ0) is 24.7. The third-order valence-electron chi connectivity index (χ3n) is 5.26. The van der Waals surface area contributed by atoms with Crippen LogP contribution in [0.1, 0.15) is 27.8 Å². The number of amides is 1. The van der Waals surface area contributed by atoms with Crippen molar-refractivity contribution in [1.29, 1.82) is 0 Å². The number of hydrogen-bond donors (Lipinski definition) is 1. The maximum absolute atomic E-state index is 13.7. The van der Waals surface area contributed by atoms with Gasteiger partial charge in [-0.3, -0.25) is 4.79 Å². The Balaban J connectivity index is 1.86. The highest BCUT2D eigenvalue weighted by Crippen LogP contribution is 2.26. The van der Waals surface area contributed by atoms with Crippen molar-refractivity contribution in [1.82, 2.24) is 9.73 Å². The van der Waals surface area contributed by atoms with Gasteiger partial charge in [0.1, 0.15) is 5.75 Å². The molecule has 1 N–H and O–H groups in total. The van der Waals surface area contributed by atoms with Crippen molar-refractivity contribution < 1.29 is 17.9 Å². The molecule has 3 aromatic rings. The summed E-state index contributed by atoms with van der Waals surface area (Å²) in [4.78, 5) is 12.9. The molecule has 0 saturated carbocycles. The Bertz CT molecular complexity index is 1270. The molecule has 0 radical (unpaired) electrons. The molecule has 178 valence electrons. The lowest BCUT2D eigenvalue weighted by Crippen LogP contribution is -2.39. The fraction of sp³-hybridized carbons (Fsp3) is 0.231. The predicted molar refractivity (Wildman–Crippen MR) is 133 cm³/mol. The highest BCUT2D eigenvalue weighted by atomic mass is 32.2. The molecule has 7 nitrogen and oxygen atoms in total. The molecule has 3 aromatic carbocycles. The number of nitrogens with zero attached hydrogens (tertiary/aromatic N) is 2. The molecule has 0 atom stereocenters. The molecule has 0 fully saturated rings. The lowest BCUT2D eigenvalue weighted by molar-refractivity contribution is -0.121. The molecular formula is C26H29N3O4S. The molecule has 34 heavy (non-hydrogen) atoms.